The molecule has 3 heterocycles. The van der Waals surface area contributed by atoms with Crippen LogP contribution in [0.25, 0.3) is 17.0 Å². The quantitative estimate of drug-likeness (QED) is 0.339. The molecule has 0 saturated carbocycles. The van der Waals surface area contributed by atoms with Gasteiger partial charge >= 0.3 is 0 Å². The van der Waals surface area contributed by atoms with Crippen LogP contribution in [-0.4, -0.2) is 46.0 Å². The second-order valence-corrected chi connectivity index (χ2v) is 8.45. The first-order valence-electron chi connectivity index (χ1n) is 11.8. The fraction of sp³-hybridized carbons (Fsp3) is 0.143. The molecule has 37 heavy (non-hydrogen) atoms. The lowest BCUT2D eigenvalue weighted by atomic mass is 9.87. The number of rotatable bonds is 7. The maximum Gasteiger partial charge on any atom is 0.232 e. The second kappa shape index (κ2) is 9.62. The number of fused-ring (bicyclic) bond motifs is 3. The number of carbonyl (C=O) groups is 1. The van der Waals surface area contributed by atoms with E-state index in [0.29, 0.717) is 41.1 Å². The Labute approximate surface area is 212 Å². The summed E-state index contributed by atoms with van der Waals surface area (Å²) in [5, 5.41) is 16.0. The average Bonchev–Trinajstić information content (AvgIpc) is 3.37. The molecule has 0 fully saturated rings. The minimum atomic E-state index is -0.460. The van der Waals surface area contributed by atoms with E-state index in [-0.39, 0.29) is 12.5 Å². The predicted molar refractivity (Wildman–Crippen MR) is 136 cm³/mol. The van der Waals surface area contributed by atoms with Crippen LogP contribution in [0.15, 0.2) is 84.9 Å². The number of ether oxygens (including phenoxy) is 3. The van der Waals surface area contributed by atoms with Gasteiger partial charge in [0.15, 0.2) is 11.5 Å². The molecule has 0 aliphatic carbocycles. The Hall–Kier alpha value is -4.92. The van der Waals surface area contributed by atoms with Gasteiger partial charge in [-0.25, -0.2) is 0 Å². The summed E-state index contributed by atoms with van der Waals surface area (Å²) in [6.07, 6.45) is 0. The molecule has 184 valence electrons. The summed E-state index contributed by atoms with van der Waals surface area (Å²) in [6.45, 7) is 0.554. The lowest BCUT2D eigenvalue weighted by molar-refractivity contribution is -0.121. The Kier molecular flexibility index (Phi) is 5.86. The van der Waals surface area contributed by atoms with Crippen LogP contribution in [0.5, 0.6) is 23.1 Å². The van der Waals surface area contributed by atoms with Crippen LogP contribution in [0.4, 0.5) is 0 Å². The topological polar surface area (TPSA) is 99.9 Å². The molecule has 0 radical (unpaired) electrons. The van der Waals surface area contributed by atoms with Crippen LogP contribution in [-0.2, 0) is 4.79 Å². The van der Waals surface area contributed by atoms with Gasteiger partial charge in [0.1, 0.15) is 23.9 Å². The van der Waals surface area contributed by atoms with Crippen LogP contribution < -0.4 is 19.5 Å². The summed E-state index contributed by atoms with van der Waals surface area (Å²) in [4.78, 5) is 13.3. The molecule has 1 aliphatic rings. The summed E-state index contributed by atoms with van der Waals surface area (Å²) < 4.78 is 18.8. The molecule has 5 aromatic rings. The number of nitrogens with zero attached hydrogens (tertiary/aromatic N) is 4. The van der Waals surface area contributed by atoms with Gasteiger partial charge in [-0.05, 0) is 30.3 Å². The number of carbonyl (C=O) groups excluding carboxylic acids is 1. The summed E-state index contributed by atoms with van der Waals surface area (Å²) in [5.74, 6) is 2.49. The zero-order chi connectivity index (χ0) is 25.2. The van der Waals surface area contributed by atoms with E-state index in [4.69, 9.17) is 14.2 Å². The Balaban J connectivity index is 1.14. The maximum atomic E-state index is 13.3. The molecule has 0 unspecified atom stereocenters. The van der Waals surface area contributed by atoms with Crippen LogP contribution in [0.2, 0.25) is 0 Å². The third-order valence-electron chi connectivity index (χ3n) is 6.16. The second-order valence-electron chi connectivity index (χ2n) is 8.45. The highest BCUT2D eigenvalue weighted by molar-refractivity contribution is 5.89. The number of aromatic nitrogens is 4. The summed E-state index contributed by atoms with van der Waals surface area (Å²) in [5.41, 5.74) is 3.09. The Morgan fingerprint density at radius 3 is 2.46 bits per heavy atom. The van der Waals surface area contributed by atoms with Crippen LogP contribution in [0.3, 0.4) is 0 Å². The van der Waals surface area contributed by atoms with Crippen molar-refractivity contribution in [1.29, 1.82) is 0 Å². The molecule has 1 N–H and O–H groups in total. The molecule has 1 aliphatic heterocycles. The van der Waals surface area contributed by atoms with Crippen molar-refractivity contribution in [2.75, 3.05) is 20.3 Å². The SMILES string of the molecule is COc1cccc(-c2nnc3ccc(OCCNC(=O)C4c5ccccc5Oc5ccccc54)nn23)c1. The van der Waals surface area contributed by atoms with Gasteiger partial charge in [-0.3, -0.25) is 4.79 Å². The van der Waals surface area contributed by atoms with Crippen molar-refractivity contribution >= 4 is 11.6 Å². The molecular weight excluding hydrogens is 470 g/mol. The first-order chi connectivity index (χ1) is 18.2. The summed E-state index contributed by atoms with van der Waals surface area (Å²) in [7, 11) is 1.61. The highest BCUT2D eigenvalue weighted by Gasteiger charge is 2.32. The third-order valence-corrected chi connectivity index (χ3v) is 6.16. The smallest absolute Gasteiger partial charge is 0.232 e. The lowest BCUT2D eigenvalue weighted by Gasteiger charge is -2.27. The number of methoxy groups -OCH3 is 1. The van der Waals surface area contributed by atoms with E-state index in [0.717, 1.165) is 16.7 Å². The maximum absolute atomic E-state index is 13.3. The molecule has 9 heteroatoms. The van der Waals surface area contributed by atoms with Gasteiger partial charge in [-0.2, -0.15) is 4.52 Å². The van der Waals surface area contributed by atoms with Crippen molar-refractivity contribution < 1.29 is 19.0 Å². The summed E-state index contributed by atoms with van der Waals surface area (Å²) in [6, 6.07) is 26.2. The van der Waals surface area contributed by atoms with Gasteiger partial charge in [0.25, 0.3) is 0 Å². The zero-order valence-corrected chi connectivity index (χ0v) is 20.0. The van der Waals surface area contributed by atoms with Crippen LogP contribution in [0.1, 0.15) is 17.0 Å². The highest BCUT2D eigenvalue weighted by Crippen LogP contribution is 2.43. The normalized spacial score (nSPS) is 12.4. The fourth-order valence-electron chi connectivity index (χ4n) is 4.42. The van der Waals surface area contributed by atoms with Gasteiger partial charge in [-0.1, -0.05) is 48.5 Å². The first kappa shape index (κ1) is 22.5. The van der Waals surface area contributed by atoms with E-state index in [1.165, 1.54) is 0 Å². The highest BCUT2D eigenvalue weighted by atomic mass is 16.5. The van der Waals surface area contributed by atoms with Crippen molar-refractivity contribution in [3.05, 3.63) is 96.1 Å². The van der Waals surface area contributed by atoms with Crippen molar-refractivity contribution in [1.82, 2.24) is 25.1 Å². The van der Waals surface area contributed by atoms with E-state index in [1.54, 1.807) is 23.8 Å². The number of hydrogen-bond donors (Lipinski definition) is 1. The largest absolute Gasteiger partial charge is 0.497 e. The molecule has 2 aromatic heterocycles. The van der Waals surface area contributed by atoms with Gasteiger partial charge < -0.3 is 19.5 Å². The van der Waals surface area contributed by atoms with E-state index in [1.807, 2.05) is 72.8 Å². The molecule has 0 saturated heterocycles. The van der Waals surface area contributed by atoms with E-state index < -0.39 is 5.92 Å². The van der Waals surface area contributed by atoms with Crippen molar-refractivity contribution in [2.24, 2.45) is 0 Å². The monoisotopic (exact) mass is 493 g/mol. The third kappa shape index (κ3) is 4.31. The number of benzene rings is 3. The molecule has 1 amide bonds. The van der Waals surface area contributed by atoms with Crippen molar-refractivity contribution in [2.45, 2.75) is 5.92 Å². The lowest BCUT2D eigenvalue weighted by Crippen LogP contribution is -2.34. The van der Waals surface area contributed by atoms with Gasteiger partial charge in [0.2, 0.25) is 11.8 Å². The zero-order valence-electron chi connectivity index (χ0n) is 20.0. The van der Waals surface area contributed by atoms with E-state index in [2.05, 4.69) is 20.6 Å². The van der Waals surface area contributed by atoms with Crippen LogP contribution in [0, 0.1) is 0 Å². The van der Waals surface area contributed by atoms with Crippen LogP contribution >= 0.6 is 0 Å². The van der Waals surface area contributed by atoms with Gasteiger partial charge in [0, 0.05) is 22.8 Å². The Morgan fingerprint density at radius 2 is 1.70 bits per heavy atom. The predicted octanol–water partition coefficient (Wildman–Crippen LogP) is 4.23. The molecule has 0 atom stereocenters. The number of para-hydroxylation sites is 2. The molecule has 0 bridgehead atoms. The minimum absolute atomic E-state index is 0.116. The Morgan fingerprint density at radius 1 is 0.946 bits per heavy atom. The minimum Gasteiger partial charge on any atom is -0.497 e. The average molecular weight is 494 g/mol. The van der Waals surface area contributed by atoms with E-state index in [9.17, 15) is 4.79 Å². The Bertz CT molecular complexity index is 1550. The number of amides is 1. The molecular formula is C28H23N5O4. The van der Waals surface area contributed by atoms with Crippen molar-refractivity contribution in [3.63, 3.8) is 0 Å². The van der Waals surface area contributed by atoms with E-state index >= 15 is 0 Å². The molecule has 6 rings (SSSR count). The first-order valence-corrected chi connectivity index (χ1v) is 11.8. The standard InChI is InChI=1S/C28H23N5O4/c1-35-19-8-6-7-18(17-19)27-31-30-24-13-14-25(32-33(24)27)36-16-15-29-28(34)26-20-9-2-4-11-22(20)37-23-12-5-3-10-21(23)26/h2-14,17,26H,15-16H2,1H3,(H,29,34). The fourth-order valence-corrected chi connectivity index (χ4v) is 4.42. The molecule has 9 nitrogen and oxygen atoms in total. The molecule has 3 aromatic carbocycles. The van der Waals surface area contributed by atoms with Gasteiger partial charge in [-0.15, -0.1) is 15.3 Å². The molecule has 0 spiro atoms. The van der Waals surface area contributed by atoms with Gasteiger partial charge in [0.05, 0.1) is 19.6 Å². The summed E-state index contributed by atoms with van der Waals surface area (Å²) >= 11 is 0. The number of nitrogens with one attached hydrogen (secondary N) is 1. The number of hydrogen-bond acceptors (Lipinski definition) is 7. The van der Waals surface area contributed by atoms with Crippen molar-refractivity contribution in [3.8, 4) is 34.5 Å².